The molecule has 0 unspecified atom stereocenters. The standard InChI is InChI=1S/C23H35NO4S/c25-20-16-21(28-17-18-8-4-3-5-9-18)19(10-6-1-2-7-11-22(26)27)23(20)24-12-14-29-15-13-24/h3-5,8-9,19-21,23,25H,1-2,6-7,10-17H2,(H,26,27)/t19-,20+,21-,23+/m0/s1. The van der Waals surface area contributed by atoms with Gasteiger partial charge in [-0.3, -0.25) is 9.69 Å². The van der Waals surface area contributed by atoms with E-state index in [9.17, 15) is 9.90 Å². The maximum atomic E-state index is 10.9. The third-order valence-corrected chi connectivity index (χ3v) is 7.18. The van der Waals surface area contributed by atoms with Crippen LogP contribution in [0.1, 0.15) is 50.5 Å². The molecule has 0 spiro atoms. The quantitative estimate of drug-likeness (QED) is 0.530. The van der Waals surface area contributed by atoms with Crippen molar-refractivity contribution in [3.63, 3.8) is 0 Å². The van der Waals surface area contributed by atoms with Crippen molar-refractivity contribution in [2.45, 2.75) is 69.8 Å². The highest BCUT2D eigenvalue weighted by molar-refractivity contribution is 7.99. The van der Waals surface area contributed by atoms with E-state index in [1.54, 1.807) is 0 Å². The van der Waals surface area contributed by atoms with Crippen molar-refractivity contribution in [2.24, 2.45) is 5.92 Å². The second kappa shape index (κ2) is 11.9. The van der Waals surface area contributed by atoms with Gasteiger partial charge in [-0.2, -0.15) is 11.8 Å². The number of ether oxygens (including phenoxy) is 1. The summed E-state index contributed by atoms with van der Waals surface area (Å²) in [4.78, 5) is 13.2. The van der Waals surface area contributed by atoms with Crippen LogP contribution in [0.2, 0.25) is 0 Å². The Morgan fingerprint density at radius 3 is 2.55 bits per heavy atom. The molecule has 0 amide bonds. The molecule has 29 heavy (non-hydrogen) atoms. The van der Waals surface area contributed by atoms with Crippen LogP contribution in [0, 0.1) is 5.92 Å². The van der Waals surface area contributed by atoms with Crippen LogP contribution in [0.4, 0.5) is 0 Å². The summed E-state index contributed by atoms with van der Waals surface area (Å²) in [7, 11) is 0. The topological polar surface area (TPSA) is 70.0 Å². The third-order valence-electron chi connectivity index (χ3n) is 6.24. The van der Waals surface area contributed by atoms with Gasteiger partial charge in [0, 0.05) is 49.4 Å². The molecular weight excluding hydrogens is 386 g/mol. The van der Waals surface area contributed by atoms with Crippen molar-refractivity contribution < 1.29 is 19.7 Å². The fraction of sp³-hybridized carbons (Fsp3) is 0.696. The number of carboxylic acids is 1. The Bertz CT molecular complexity index is 608. The lowest BCUT2D eigenvalue weighted by Crippen LogP contribution is -2.48. The summed E-state index contributed by atoms with van der Waals surface area (Å²) in [5.41, 5.74) is 1.17. The molecule has 4 atom stereocenters. The Hall–Kier alpha value is -1.08. The van der Waals surface area contributed by atoms with Gasteiger partial charge in [0.2, 0.25) is 0 Å². The summed E-state index contributed by atoms with van der Waals surface area (Å²) in [6.45, 7) is 2.69. The molecule has 1 saturated carbocycles. The summed E-state index contributed by atoms with van der Waals surface area (Å²) < 4.78 is 6.33. The van der Waals surface area contributed by atoms with Gasteiger partial charge in [-0.1, -0.05) is 49.6 Å². The van der Waals surface area contributed by atoms with Gasteiger partial charge in [0.05, 0.1) is 18.8 Å². The number of aliphatic carboxylic acids is 1. The average molecular weight is 422 g/mol. The Morgan fingerprint density at radius 1 is 1.10 bits per heavy atom. The van der Waals surface area contributed by atoms with Crippen LogP contribution in [0.15, 0.2) is 30.3 Å². The molecule has 2 N–H and O–H groups in total. The highest BCUT2D eigenvalue weighted by atomic mass is 32.2. The lowest BCUT2D eigenvalue weighted by atomic mass is 9.92. The molecule has 3 rings (SSSR count). The number of carboxylic acid groups (broad SMARTS) is 1. The number of hydrogen-bond acceptors (Lipinski definition) is 5. The number of nitrogens with zero attached hydrogens (tertiary/aromatic N) is 1. The first-order valence-electron chi connectivity index (χ1n) is 11.0. The van der Waals surface area contributed by atoms with Crippen LogP contribution < -0.4 is 0 Å². The minimum atomic E-state index is -0.707. The molecule has 2 fully saturated rings. The minimum Gasteiger partial charge on any atom is -0.481 e. The number of benzene rings is 1. The number of unbranched alkanes of at least 4 members (excludes halogenated alkanes) is 3. The summed E-state index contributed by atoms with van der Waals surface area (Å²) in [5, 5.41) is 19.7. The number of aliphatic hydroxyl groups is 1. The Labute approximate surface area is 178 Å². The molecule has 0 aromatic heterocycles. The molecule has 162 valence electrons. The second-order valence-electron chi connectivity index (χ2n) is 8.29. The van der Waals surface area contributed by atoms with Crippen molar-refractivity contribution in [3.8, 4) is 0 Å². The molecule has 6 heteroatoms. The molecule has 0 radical (unpaired) electrons. The predicted octanol–water partition coefficient (Wildman–Crippen LogP) is 3.80. The minimum absolute atomic E-state index is 0.0869. The van der Waals surface area contributed by atoms with Crippen LogP contribution >= 0.6 is 11.8 Å². The van der Waals surface area contributed by atoms with Gasteiger partial charge in [-0.15, -0.1) is 0 Å². The maximum absolute atomic E-state index is 10.9. The number of thioether (sulfide) groups is 1. The smallest absolute Gasteiger partial charge is 0.303 e. The van der Waals surface area contributed by atoms with Crippen LogP contribution in [0.3, 0.4) is 0 Å². The zero-order chi connectivity index (χ0) is 20.5. The largest absolute Gasteiger partial charge is 0.481 e. The summed E-state index contributed by atoms with van der Waals surface area (Å²) >= 11 is 1.99. The van der Waals surface area contributed by atoms with Gasteiger partial charge in [0.15, 0.2) is 0 Å². The maximum Gasteiger partial charge on any atom is 0.303 e. The van der Waals surface area contributed by atoms with Crippen molar-refractivity contribution in [1.82, 2.24) is 4.90 Å². The average Bonchev–Trinajstić information content (AvgIpc) is 3.05. The van der Waals surface area contributed by atoms with Gasteiger partial charge in [-0.25, -0.2) is 0 Å². The van der Waals surface area contributed by atoms with E-state index in [2.05, 4.69) is 17.0 Å². The Morgan fingerprint density at radius 2 is 1.83 bits per heavy atom. The van der Waals surface area contributed by atoms with Gasteiger partial charge >= 0.3 is 5.97 Å². The summed E-state index contributed by atoms with van der Waals surface area (Å²) in [6.07, 6.45) is 5.61. The zero-order valence-corrected chi connectivity index (χ0v) is 18.1. The lowest BCUT2D eigenvalue weighted by molar-refractivity contribution is -0.137. The number of hydrogen-bond donors (Lipinski definition) is 2. The SMILES string of the molecule is O=C(O)CCCCCC[C@@H]1[C@@H](N2CCSCC2)[C@H](O)C[C@@H]1OCc1ccccc1. The van der Waals surface area contributed by atoms with Crippen LogP contribution in [0.5, 0.6) is 0 Å². The highest BCUT2D eigenvalue weighted by Gasteiger charge is 2.45. The van der Waals surface area contributed by atoms with E-state index in [1.807, 2.05) is 30.0 Å². The molecule has 1 aromatic carbocycles. The van der Waals surface area contributed by atoms with E-state index >= 15 is 0 Å². The third kappa shape index (κ3) is 6.99. The van der Waals surface area contributed by atoms with E-state index in [-0.39, 0.29) is 24.7 Å². The highest BCUT2D eigenvalue weighted by Crippen LogP contribution is 2.37. The molecule has 1 aliphatic heterocycles. The fourth-order valence-electron chi connectivity index (χ4n) is 4.78. The first-order chi connectivity index (χ1) is 14.1. The Balaban J connectivity index is 1.56. The van der Waals surface area contributed by atoms with E-state index in [1.165, 1.54) is 5.56 Å². The molecule has 1 heterocycles. The molecule has 5 nitrogen and oxygen atoms in total. The number of rotatable bonds is 11. The predicted molar refractivity (Wildman–Crippen MR) is 117 cm³/mol. The first kappa shape index (κ1) is 22.6. The van der Waals surface area contributed by atoms with Crippen molar-refractivity contribution >= 4 is 17.7 Å². The monoisotopic (exact) mass is 421 g/mol. The van der Waals surface area contributed by atoms with Crippen molar-refractivity contribution in [2.75, 3.05) is 24.6 Å². The molecule has 1 aliphatic carbocycles. The molecule has 1 saturated heterocycles. The second-order valence-corrected chi connectivity index (χ2v) is 9.51. The first-order valence-corrected chi connectivity index (χ1v) is 12.2. The summed E-state index contributed by atoms with van der Waals surface area (Å²) in [6, 6.07) is 10.4. The molecule has 1 aromatic rings. The normalized spacial score (nSPS) is 27.9. The van der Waals surface area contributed by atoms with Crippen molar-refractivity contribution in [3.05, 3.63) is 35.9 Å². The fourth-order valence-corrected chi connectivity index (χ4v) is 5.71. The van der Waals surface area contributed by atoms with Gasteiger partial charge < -0.3 is 14.9 Å². The van der Waals surface area contributed by atoms with E-state index in [4.69, 9.17) is 9.84 Å². The number of aliphatic hydroxyl groups excluding tert-OH is 1. The zero-order valence-electron chi connectivity index (χ0n) is 17.2. The lowest BCUT2D eigenvalue weighted by Gasteiger charge is -2.38. The van der Waals surface area contributed by atoms with Gasteiger partial charge in [0.1, 0.15) is 0 Å². The molecule has 2 aliphatic rings. The number of carbonyl (C=O) groups is 1. The van der Waals surface area contributed by atoms with E-state index in [0.717, 1.165) is 56.7 Å². The Kier molecular flexibility index (Phi) is 9.31. The molecular formula is C23H35NO4S. The van der Waals surface area contributed by atoms with E-state index in [0.29, 0.717) is 18.9 Å². The van der Waals surface area contributed by atoms with Crippen LogP contribution in [-0.4, -0.2) is 63.9 Å². The van der Waals surface area contributed by atoms with Gasteiger partial charge in [-0.05, 0) is 18.4 Å². The van der Waals surface area contributed by atoms with E-state index < -0.39 is 5.97 Å². The van der Waals surface area contributed by atoms with Crippen molar-refractivity contribution in [1.29, 1.82) is 0 Å². The van der Waals surface area contributed by atoms with Crippen LogP contribution in [0.25, 0.3) is 0 Å². The molecule has 0 bridgehead atoms. The van der Waals surface area contributed by atoms with Gasteiger partial charge in [0.25, 0.3) is 0 Å². The van der Waals surface area contributed by atoms with Crippen LogP contribution in [-0.2, 0) is 16.1 Å². The summed E-state index contributed by atoms with van der Waals surface area (Å²) in [5.74, 6) is 1.92.